The molecule has 2 aliphatic rings. The van der Waals surface area contributed by atoms with Gasteiger partial charge >= 0.3 is 0 Å². The molecule has 0 amide bonds. The Balaban J connectivity index is 1.27. The van der Waals surface area contributed by atoms with Gasteiger partial charge in [0.2, 0.25) is 0 Å². The first-order chi connectivity index (χ1) is 13.3. The second-order valence-electron chi connectivity index (χ2n) is 7.33. The molecule has 3 atom stereocenters. The maximum atomic E-state index is 6.19. The Morgan fingerprint density at radius 1 is 1.22 bits per heavy atom. The quantitative estimate of drug-likeness (QED) is 0.668. The van der Waals surface area contributed by atoms with Crippen molar-refractivity contribution in [1.29, 1.82) is 0 Å². The lowest BCUT2D eigenvalue weighted by Crippen LogP contribution is -2.51. The molecular formula is C21H29N3O3. The molecule has 6 heteroatoms. The van der Waals surface area contributed by atoms with Crippen LogP contribution in [0.1, 0.15) is 24.8 Å². The number of nitrogens with zero attached hydrogens (tertiary/aromatic N) is 3. The molecule has 1 aromatic heterocycles. The normalized spacial score (nSPS) is 25.4. The van der Waals surface area contributed by atoms with Gasteiger partial charge in [-0.1, -0.05) is 12.1 Å². The van der Waals surface area contributed by atoms with E-state index in [-0.39, 0.29) is 12.2 Å². The van der Waals surface area contributed by atoms with E-state index < -0.39 is 0 Å². The Hall–Kier alpha value is -1.89. The van der Waals surface area contributed by atoms with E-state index >= 15 is 0 Å². The van der Waals surface area contributed by atoms with E-state index in [4.69, 9.17) is 14.2 Å². The molecule has 4 rings (SSSR count). The number of hydrogen-bond donors (Lipinski definition) is 0. The number of ether oxygens (including phenoxy) is 3. The Bertz CT molecular complexity index is 689. The minimum Gasteiger partial charge on any atom is -0.497 e. The van der Waals surface area contributed by atoms with E-state index in [2.05, 4.69) is 22.1 Å². The Labute approximate surface area is 161 Å². The van der Waals surface area contributed by atoms with Gasteiger partial charge in [-0.25, -0.2) is 0 Å². The fourth-order valence-corrected chi connectivity index (χ4v) is 4.23. The third-order valence-electron chi connectivity index (χ3n) is 5.62. The number of hydrogen-bond acceptors (Lipinski definition) is 5. The summed E-state index contributed by atoms with van der Waals surface area (Å²) in [5.74, 6) is 0.906. The number of benzene rings is 1. The molecule has 0 bridgehead atoms. The standard InChI is InChI=1S/C21H29N3O3/c1-25-18-6-4-17(5-7-18)16-23-13-15-27-21-19(23)8-9-20(21)26-14-3-12-24-11-2-10-22-24/h2,4-7,10-11,19-21H,3,8-9,12-16H2,1H3/t19-,20+,21+/m0/s1. The van der Waals surface area contributed by atoms with Crippen LogP contribution in [-0.2, 0) is 22.6 Å². The monoisotopic (exact) mass is 371 g/mol. The first-order valence-electron chi connectivity index (χ1n) is 9.91. The Morgan fingerprint density at radius 2 is 2.11 bits per heavy atom. The predicted molar refractivity (Wildman–Crippen MR) is 103 cm³/mol. The summed E-state index contributed by atoms with van der Waals surface area (Å²) in [5.41, 5.74) is 1.32. The lowest BCUT2D eigenvalue weighted by molar-refractivity contribution is -0.115. The zero-order valence-corrected chi connectivity index (χ0v) is 16.0. The fraction of sp³-hybridized carbons (Fsp3) is 0.571. The van der Waals surface area contributed by atoms with E-state index in [0.717, 1.165) is 57.9 Å². The van der Waals surface area contributed by atoms with Crippen molar-refractivity contribution < 1.29 is 14.2 Å². The van der Waals surface area contributed by atoms with Crippen LogP contribution in [0.25, 0.3) is 0 Å². The molecule has 2 aromatic rings. The minimum absolute atomic E-state index is 0.196. The summed E-state index contributed by atoms with van der Waals surface area (Å²) in [5, 5.41) is 4.23. The van der Waals surface area contributed by atoms with Crippen LogP contribution < -0.4 is 4.74 Å². The third-order valence-corrected chi connectivity index (χ3v) is 5.62. The van der Waals surface area contributed by atoms with Crippen molar-refractivity contribution in [3.63, 3.8) is 0 Å². The van der Waals surface area contributed by atoms with E-state index in [1.165, 1.54) is 5.56 Å². The highest BCUT2D eigenvalue weighted by Gasteiger charge is 2.43. The van der Waals surface area contributed by atoms with E-state index in [1.807, 2.05) is 35.3 Å². The molecule has 1 saturated heterocycles. The molecule has 2 fully saturated rings. The number of aromatic nitrogens is 2. The van der Waals surface area contributed by atoms with Crippen LogP contribution in [0.15, 0.2) is 42.7 Å². The van der Waals surface area contributed by atoms with E-state index in [9.17, 15) is 0 Å². The van der Waals surface area contributed by atoms with Gasteiger partial charge in [-0.05, 0) is 43.0 Å². The number of methoxy groups -OCH3 is 1. The largest absolute Gasteiger partial charge is 0.497 e. The molecule has 1 aliphatic carbocycles. The number of aryl methyl sites for hydroxylation is 1. The summed E-state index contributed by atoms with van der Waals surface area (Å²) >= 11 is 0. The first-order valence-corrected chi connectivity index (χ1v) is 9.91. The maximum Gasteiger partial charge on any atom is 0.118 e. The van der Waals surface area contributed by atoms with Crippen LogP contribution >= 0.6 is 0 Å². The summed E-state index contributed by atoms with van der Waals surface area (Å²) < 4.78 is 19.5. The smallest absolute Gasteiger partial charge is 0.118 e. The summed E-state index contributed by atoms with van der Waals surface area (Å²) in [6.07, 6.45) is 7.42. The second kappa shape index (κ2) is 8.87. The van der Waals surface area contributed by atoms with Crippen molar-refractivity contribution in [2.24, 2.45) is 0 Å². The summed E-state index contributed by atoms with van der Waals surface area (Å²) in [6, 6.07) is 10.8. The molecule has 2 heterocycles. The zero-order valence-electron chi connectivity index (χ0n) is 16.0. The van der Waals surface area contributed by atoms with Gasteiger partial charge in [0.1, 0.15) is 5.75 Å². The van der Waals surface area contributed by atoms with Gasteiger partial charge in [0.25, 0.3) is 0 Å². The van der Waals surface area contributed by atoms with Crippen molar-refractivity contribution in [2.75, 3.05) is 26.9 Å². The van der Waals surface area contributed by atoms with Crippen molar-refractivity contribution >= 4 is 0 Å². The van der Waals surface area contributed by atoms with E-state index in [1.54, 1.807) is 7.11 Å². The number of rotatable bonds is 8. The average Bonchev–Trinajstić information content (AvgIpc) is 3.36. The molecule has 27 heavy (non-hydrogen) atoms. The summed E-state index contributed by atoms with van der Waals surface area (Å²) in [4.78, 5) is 2.56. The topological polar surface area (TPSA) is 48.8 Å². The van der Waals surface area contributed by atoms with Crippen LogP contribution in [0.4, 0.5) is 0 Å². The SMILES string of the molecule is COc1ccc(CN2CCO[C@H]3[C@H](OCCCn4cccn4)CC[C@@H]32)cc1. The van der Waals surface area contributed by atoms with Crippen LogP contribution in [0, 0.1) is 0 Å². The molecule has 1 aliphatic heterocycles. The molecule has 0 unspecified atom stereocenters. The lowest BCUT2D eigenvalue weighted by atomic mass is 10.1. The predicted octanol–water partition coefficient (Wildman–Crippen LogP) is 2.73. The first kappa shape index (κ1) is 18.5. The molecule has 0 N–H and O–H groups in total. The molecule has 1 aromatic carbocycles. The summed E-state index contributed by atoms with van der Waals surface area (Å²) in [7, 11) is 1.70. The second-order valence-corrected chi connectivity index (χ2v) is 7.33. The number of morpholine rings is 1. The highest BCUT2D eigenvalue weighted by Crippen LogP contribution is 2.33. The van der Waals surface area contributed by atoms with Crippen LogP contribution in [0.3, 0.4) is 0 Å². The van der Waals surface area contributed by atoms with Gasteiger partial charge in [-0.2, -0.15) is 5.10 Å². The Kier molecular flexibility index (Phi) is 6.07. The van der Waals surface area contributed by atoms with Crippen LogP contribution in [0.5, 0.6) is 5.75 Å². The summed E-state index contributed by atoms with van der Waals surface area (Å²) in [6.45, 7) is 4.39. The van der Waals surface area contributed by atoms with Gasteiger partial charge in [-0.3, -0.25) is 9.58 Å². The lowest BCUT2D eigenvalue weighted by Gasteiger charge is -2.39. The van der Waals surface area contributed by atoms with Gasteiger partial charge in [-0.15, -0.1) is 0 Å². The van der Waals surface area contributed by atoms with Crippen LogP contribution in [-0.4, -0.2) is 59.8 Å². The molecule has 6 nitrogen and oxygen atoms in total. The van der Waals surface area contributed by atoms with Gasteiger partial charge < -0.3 is 14.2 Å². The third kappa shape index (κ3) is 4.51. The molecular weight excluding hydrogens is 342 g/mol. The molecule has 1 saturated carbocycles. The van der Waals surface area contributed by atoms with Gasteiger partial charge in [0, 0.05) is 44.7 Å². The van der Waals surface area contributed by atoms with Crippen LogP contribution in [0.2, 0.25) is 0 Å². The molecule has 0 radical (unpaired) electrons. The fourth-order valence-electron chi connectivity index (χ4n) is 4.23. The van der Waals surface area contributed by atoms with Gasteiger partial charge in [0.15, 0.2) is 0 Å². The van der Waals surface area contributed by atoms with Crippen molar-refractivity contribution in [3.05, 3.63) is 48.3 Å². The molecule has 0 spiro atoms. The number of fused-ring (bicyclic) bond motifs is 1. The highest BCUT2D eigenvalue weighted by molar-refractivity contribution is 5.27. The Morgan fingerprint density at radius 3 is 2.89 bits per heavy atom. The zero-order chi connectivity index (χ0) is 18.5. The molecule has 146 valence electrons. The van der Waals surface area contributed by atoms with Crippen molar-refractivity contribution in [3.8, 4) is 5.75 Å². The van der Waals surface area contributed by atoms with E-state index in [0.29, 0.717) is 6.04 Å². The average molecular weight is 371 g/mol. The van der Waals surface area contributed by atoms with Crippen molar-refractivity contribution in [2.45, 2.75) is 50.6 Å². The maximum absolute atomic E-state index is 6.19. The highest BCUT2D eigenvalue weighted by atomic mass is 16.5. The minimum atomic E-state index is 0.196. The van der Waals surface area contributed by atoms with Crippen molar-refractivity contribution in [1.82, 2.24) is 14.7 Å². The van der Waals surface area contributed by atoms with Gasteiger partial charge in [0.05, 0.1) is 25.9 Å².